The molecular formula is C21H25N3OS2. The van der Waals surface area contributed by atoms with Crippen LogP contribution in [0.3, 0.4) is 0 Å². The van der Waals surface area contributed by atoms with Crippen LogP contribution in [0.15, 0.2) is 23.6 Å². The van der Waals surface area contributed by atoms with Gasteiger partial charge in [0.1, 0.15) is 5.78 Å². The van der Waals surface area contributed by atoms with Crippen molar-refractivity contribution in [1.82, 2.24) is 14.9 Å². The Labute approximate surface area is 168 Å². The molecule has 142 valence electrons. The van der Waals surface area contributed by atoms with E-state index < -0.39 is 0 Å². The van der Waals surface area contributed by atoms with Crippen LogP contribution in [0.1, 0.15) is 47.0 Å². The predicted molar refractivity (Wildman–Crippen MR) is 113 cm³/mol. The van der Waals surface area contributed by atoms with Crippen molar-refractivity contribution in [3.05, 3.63) is 44.9 Å². The summed E-state index contributed by atoms with van der Waals surface area (Å²) < 4.78 is 1.19. The van der Waals surface area contributed by atoms with Crippen LogP contribution in [0.5, 0.6) is 0 Å². The number of likely N-dealkylation sites (tertiary alicyclic amines) is 1. The summed E-state index contributed by atoms with van der Waals surface area (Å²) in [5.41, 5.74) is 3.37. The predicted octanol–water partition coefficient (Wildman–Crippen LogP) is 4.95. The van der Waals surface area contributed by atoms with Crippen LogP contribution >= 0.6 is 22.7 Å². The lowest BCUT2D eigenvalue weighted by molar-refractivity contribution is -0.120. The monoisotopic (exact) mass is 399 g/mol. The molecular weight excluding hydrogens is 374 g/mol. The number of Topliss-reactive ketones (excluding diaryl/α,β-unsaturated/α-hetero) is 1. The Morgan fingerprint density at radius 1 is 1.22 bits per heavy atom. The fourth-order valence-electron chi connectivity index (χ4n) is 4.24. The molecule has 1 aliphatic rings. The van der Waals surface area contributed by atoms with E-state index in [2.05, 4.69) is 45.4 Å². The molecule has 2 aromatic heterocycles. The van der Waals surface area contributed by atoms with Crippen molar-refractivity contribution < 1.29 is 4.79 Å². The lowest BCUT2D eigenvalue weighted by Gasteiger charge is -2.35. The molecule has 0 bridgehead atoms. The van der Waals surface area contributed by atoms with Gasteiger partial charge in [0.2, 0.25) is 0 Å². The average Bonchev–Trinajstić information content (AvgIpc) is 3.20. The molecule has 0 radical (unpaired) electrons. The van der Waals surface area contributed by atoms with Gasteiger partial charge in [-0.05, 0) is 70.3 Å². The highest BCUT2D eigenvalue weighted by molar-refractivity contribution is 7.18. The Balaban J connectivity index is 1.47. The van der Waals surface area contributed by atoms with E-state index in [1.165, 1.54) is 10.4 Å². The molecule has 1 fully saturated rings. The summed E-state index contributed by atoms with van der Waals surface area (Å²) in [5, 5.41) is 4.36. The first-order valence-corrected chi connectivity index (χ1v) is 11.2. The number of hydrogen-bond donors (Lipinski definition) is 0. The number of rotatable bonds is 5. The van der Waals surface area contributed by atoms with Gasteiger partial charge in [0, 0.05) is 17.8 Å². The molecule has 1 aliphatic heterocycles. The number of hydrogen-bond acceptors (Lipinski definition) is 6. The number of nitrogens with zero attached hydrogens (tertiary/aromatic N) is 3. The summed E-state index contributed by atoms with van der Waals surface area (Å²) in [6.07, 6.45) is 2.13. The Bertz CT molecular complexity index is 953. The zero-order chi connectivity index (χ0) is 19.0. The van der Waals surface area contributed by atoms with Crippen molar-refractivity contribution in [3.63, 3.8) is 0 Å². The van der Waals surface area contributed by atoms with Gasteiger partial charge in [0.25, 0.3) is 0 Å². The molecule has 4 rings (SSSR count). The molecule has 1 atom stereocenters. The van der Waals surface area contributed by atoms with E-state index in [9.17, 15) is 4.79 Å². The summed E-state index contributed by atoms with van der Waals surface area (Å²) in [4.78, 5) is 24.1. The van der Waals surface area contributed by atoms with Gasteiger partial charge < -0.3 is 0 Å². The van der Waals surface area contributed by atoms with Crippen molar-refractivity contribution in [2.24, 2.45) is 5.92 Å². The van der Waals surface area contributed by atoms with E-state index in [0.717, 1.165) is 53.6 Å². The topological polar surface area (TPSA) is 46.1 Å². The van der Waals surface area contributed by atoms with Gasteiger partial charge in [-0.15, -0.1) is 22.7 Å². The van der Waals surface area contributed by atoms with Crippen LogP contribution in [-0.2, 0) is 11.3 Å². The van der Waals surface area contributed by atoms with Crippen LogP contribution in [-0.4, -0.2) is 33.7 Å². The molecule has 0 saturated carbocycles. The van der Waals surface area contributed by atoms with E-state index >= 15 is 0 Å². The van der Waals surface area contributed by atoms with Crippen molar-refractivity contribution in [2.75, 3.05) is 13.1 Å². The smallest absolute Gasteiger partial charge is 0.137 e. The maximum absolute atomic E-state index is 12.5. The van der Waals surface area contributed by atoms with Gasteiger partial charge in [-0.2, -0.15) is 0 Å². The summed E-state index contributed by atoms with van der Waals surface area (Å²) in [5.74, 6) is 0.701. The van der Waals surface area contributed by atoms with Crippen molar-refractivity contribution in [3.8, 4) is 0 Å². The lowest BCUT2D eigenvalue weighted by Crippen LogP contribution is -2.36. The Hall–Kier alpha value is -1.63. The highest BCUT2D eigenvalue weighted by atomic mass is 32.1. The van der Waals surface area contributed by atoms with Gasteiger partial charge in [0.05, 0.1) is 25.9 Å². The van der Waals surface area contributed by atoms with Gasteiger partial charge in [-0.3, -0.25) is 9.69 Å². The quantitative estimate of drug-likeness (QED) is 0.609. The highest BCUT2D eigenvalue weighted by Crippen LogP contribution is 2.36. The molecule has 1 aromatic carbocycles. The fraction of sp³-hybridized carbons (Fsp3) is 0.476. The molecule has 0 N–H and O–H groups in total. The number of benzene rings is 1. The number of ketones is 1. The number of thiazole rings is 2. The zero-order valence-electron chi connectivity index (χ0n) is 16.1. The normalized spacial score (nSPS) is 17.4. The van der Waals surface area contributed by atoms with Gasteiger partial charge in [-0.1, -0.05) is 6.07 Å². The Morgan fingerprint density at radius 3 is 2.67 bits per heavy atom. The van der Waals surface area contributed by atoms with E-state index in [-0.39, 0.29) is 11.7 Å². The second kappa shape index (κ2) is 7.78. The number of aromatic nitrogens is 2. The van der Waals surface area contributed by atoms with E-state index in [4.69, 9.17) is 0 Å². The third-order valence-corrected chi connectivity index (χ3v) is 7.23. The highest BCUT2D eigenvalue weighted by Gasteiger charge is 2.31. The molecule has 6 heteroatoms. The minimum Gasteiger partial charge on any atom is -0.299 e. The SMILES string of the molecule is CC(=O)C(c1ccc2nc(C)sc2c1)C1CCN(Cc2csc(C)n2)CC1. The fourth-order valence-corrected chi connectivity index (χ4v) is 5.72. The van der Waals surface area contributed by atoms with Crippen LogP contribution in [0.2, 0.25) is 0 Å². The molecule has 3 aromatic rings. The third-order valence-electron chi connectivity index (χ3n) is 5.47. The number of aryl methyl sites for hydroxylation is 2. The number of piperidine rings is 1. The molecule has 0 aliphatic carbocycles. The van der Waals surface area contributed by atoms with E-state index in [1.54, 1.807) is 29.6 Å². The van der Waals surface area contributed by atoms with Crippen LogP contribution in [0.25, 0.3) is 10.2 Å². The maximum atomic E-state index is 12.5. The van der Waals surface area contributed by atoms with Crippen molar-refractivity contribution in [2.45, 2.75) is 46.1 Å². The molecule has 1 unspecified atom stereocenters. The van der Waals surface area contributed by atoms with Gasteiger partial charge in [-0.25, -0.2) is 9.97 Å². The minimum atomic E-state index is 0.000438. The lowest BCUT2D eigenvalue weighted by atomic mass is 9.78. The minimum absolute atomic E-state index is 0.000438. The summed E-state index contributed by atoms with van der Waals surface area (Å²) in [6.45, 7) is 8.83. The number of carbonyl (C=O) groups is 1. The average molecular weight is 400 g/mol. The number of fused-ring (bicyclic) bond motifs is 1. The molecule has 0 spiro atoms. The van der Waals surface area contributed by atoms with E-state index in [1.807, 2.05) is 6.92 Å². The van der Waals surface area contributed by atoms with Gasteiger partial charge in [0.15, 0.2) is 0 Å². The maximum Gasteiger partial charge on any atom is 0.137 e. The number of carbonyl (C=O) groups excluding carboxylic acids is 1. The summed E-state index contributed by atoms with van der Waals surface area (Å²) in [6, 6.07) is 6.37. The first-order valence-electron chi connectivity index (χ1n) is 9.50. The second-order valence-corrected chi connectivity index (χ2v) is 9.82. The van der Waals surface area contributed by atoms with Crippen LogP contribution < -0.4 is 0 Å². The molecule has 1 saturated heterocycles. The third kappa shape index (κ3) is 4.13. The van der Waals surface area contributed by atoms with Crippen molar-refractivity contribution >= 4 is 38.7 Å². The summed E-state index contributed by atoms with van der Waals surface area (Å²) >= 11 is 3.42. The zero-order valence-corrected chi connectivity index (χ0v) is 17.7. The van der Waals surface area contributed by atoms with Crippen LogP contribution in [0, 0.1) is 19.8 Å². The Morgan fingerprint density at radius 2 is 2.00 bits per heavy atom. The van der Waals surface area contributed by atoms with Gasteiger partial charge >= 0.3 is 0 Å². The molecule has 0 amide bonds. The largest absolute Gasteiger partial charge is 0.299 e. The summed E-state index contributed by atoms with van der Waals surface area (Å²) in [7, 11) is 0. The van der Waals surface area contributed by atoms with E-state index in [0.29, 0.717) is 5.92 Å². The van der Waals surface area contributed by atoms with Crippen molar-refractivity contribution in [1.29, 1.82) is 0 Å². The first-order chi connectivity index (χ1) is 13.0. The molecule has 27 heavy (non-hydrogen) atoms. The Kier molecular flexibility index (Phi) is 5.39. The second-order valence-electron chi connectivity index (χ2n) is 7.52. The molecule has 3 heterocycles. The van der Waals surface area contributed by atoms with Crippen LogP contribution in [0.4, 0.5) is 0 Å². The standard InChI is InChI=1S/C21H25N3OS2/c1-13(25)21(17-4-5-19-20(10-17)27-15(3)23-19)16-6-8-24(9-7-16)11-18-12-26-14(2)22-18/h4-5,10,12,16,21H,6-9,11H2,1-3H3. The molecule has 4 nitrogen and oxygen atoms in total. The first kappa shape index (κ1) is 18.7.